The Balaban J connectivity index is 1.66. The number of fused-ring (bicyclic) bond motifs is 1. The summed E-state index contributed by atoms with van der Waals surface area (Å²) < 4.78 is 0. The van der Waals surface area contributed by atoms with E-state index in [1.165, 1.54) is 6.92 Å². The number of aryl methyl sites for hydroxylation is 1. The Kier molecular flexibility index (Phi) is 6.48. The zero-order valence-corrected chi connectivity index (χ0v) is 18.6. The number of anilines is 1. The van der Waals surface area contributed by atoms with E-state index in [0.29, 0.717) is 37.6 Å². The van der Waals surface area contributed by atoms with Gasteiger partial charge in [0.05, 0.1) is 19.1 Å². The fourth-order valence-corrected chi connectivity index (χ4v) is 4.48. The van der Waals surface area contributed by atoms with Crippen LogP contribution in [0.5, 0.6) is 0 Å². The number of nitrogens with zero attached hydrogens (tertiary/aromatic N) is 4. The van der Waals surface area contributed by atoms with Crippen molar-refractivity contribution >= 4 is 23.5 Å². The SMILES string of the molecule is CC(=O)NCC(=O)N1CCCC[C@@H]1c1nc(C)c2c(n1)N(Cc1ccccc1)C(=O)CC2. The van der Waals surface area contributed by atoms with Crippen molar-refractivity contribution in [3.05, 3.63) is 53.0 Å². The molecule has 1 saturated heterocycles. The lowest BCUT2D eigenvalue weighted by atomic mass is 9.99. The average molecular weight is 436 g/mol. The van der Waals surface area contributed by atoms with Crippen LogP contribution >= 0.6 is 0 Å². The molecule has 0 unspecified atom stereocenters. The summed E-state index contributed by atoms with van der Waals surface area (Å²) in [5.41, 5.74) is 2.89. The van der Waals surface area contributed by atoms with Crippen molar-refractivity contribution in [2.75, 3.05) is 18.0 Å². The number of carbonyl (C=O) groups is 3. The third-order valence-corrected chi connectivity index (χ3v) is 6.15. The first-order valence-electron chi connectivity index (χ1n) is 11.2. The van der Waals surface area contributed by atoms with Gasteiger partial charge in [-0.15, -0.1) is 0 Å². The highest BCUT2D eigenvalue weighted by Gasteiger charge is 2.33. The first-order chi connectivity index (χ1) is 15.4. The van der Waals surface area contributed by atoms with Crippen molar-refractivity contribution in [1.82, 2.24) is 20.2 Å². The van der Waals surface area contributed by atoms with E-state index in [-0.39, 0.29) is 30.3 Å². The Hall–Kier alpha value is -3.29. The minimum absolute atomic E-state index is 0.0334. The number of benzene rings is 1. The van der Waals surface area contributed by atoms with E-state index in [4.69, 9.17) is 9.97 Å². The molecule has 1 aromatic heterocycles. The molecule has 0 aliphatic carbocycles. The Bertz CT molecular complexity index is 1020. The van der Waals surface area contributed by atoms with Crippen molar-refractivity contribution in [3.8, 4) is 0 Å². The van der Waals surface area contributed by atoms with Gasteiger partial charge >= 0.3 is 0 Å². The molecule has 0 saturated carbocycles. The monoisotopic (exact) mass is 435 g/mol. The summed E-state index contributed by atoms with van der Waals surface area (Å²) in [5.74, 6) is 0.911. The number of carbonyl (C=O) groups excluding carboxylic acids is 3. The fourth-order valence-electron chi connectivity index (χ4n) is 4.48. The molecule has 0 radical (unpaired) electrons. The number of aromatic nitrogens is 2. The van der Waals surface area contributed by atoms with Crippen molar-refractivity contribution in [2.24, 2.45) is 0 Å². The van der Waals surface area contributed by atoms with Gasteiger partial charge in [0.2, 0.25) is 17.7 Å². The molecule has 2 aliphatic heterocycles. The summed E-state index contributed by atoms with van der Waals surface area (Å²) in [6.07, 6.45) is 3.71. The van der Waals surface area contributed by atoms with Crippen LogP contribution in [0.2, 0.25) is 0 Å². The summed E-state index contributed by atoms with van der Waals surface area (Å²) in [7, 11) is 0. The second-order valence-electron chi connectivity index (χ2n) is 8.44. The van der Waals surface area contributed by atoms with Gasteiger partial charge in [-0.3, -0.25) is 19.3 Å². The van der Waals surface area contributed by atoms with Gasteiger partial charge in [-0.25, -0.2) is 9.97 Å². The minimum Gasteiger partial charge on any atom is -0.347 e. The normalized spacial score (nSPS) is 18.3. The Morgan fingerprint density at radius 3 is 2.66 bits per heavy atom. The molecule has 2 aromatic rings. The maximum absolute atomic E-state index is 12.8. The van der Waals surface area contributed by atoms with Crippen LogP contribution in [0.3, 0.4) is 0 Å². The Morgan fingerprint density at radius 2 is 1.91 bits per heavy atom. The smallest absolute Gasteiger partial charge is 0.242 e. The van der Waals surface area contributed by atoms with E-state index in [0.717, 1.165) is 36.1 Å². The van der Waals surface area contributed by atoms with Crippen LogP contribution in [-0.4, -0.2) is 45.7 Å². The van der Waals surface area contributed by atoms with E-state index in [2.05, 4.69) is 5.32 Å². The van der Waals surface area contributed by atoms with Crippen molar-refractivity contribution < 1.29 is 14.4 Å². The molecular formula is C24H29N5O3. The zero-order chi connectivity index (χ0) is 22.7. The molecule has 1 aromatic carbocycles. The van der Waals surface area contributed by atoms with E-state index in [1.807, 2.05) is 37.3 Å². The number of piperidine rings is 1. The molecule has 1 atom stereocenters. The first-order valence-corrected chi connectivity index (χ1v) is 11.2. The van der Waals surface area contributed by atoms with Crippen molar-refractivity contribution in [1.29, 1.82) is 0 Å². The molecule has 1 N–H and O–H groups in total. The summed E-state index contributed by atoms with van der Waals surface area (Å²) in [6, 6.07) is 9.61. The zero-order valence-electron chi connectivity index (χ0n) is 18.6. The lowest BCUT2D eigenvalue weighted by Gasteiger charge is -2.36. The molecule has 0 bridgehead atoms. The van der Waals surface area contributed by atoms with Gasteiger partial charge in [0.1, 0.15) is 5.82 Å². The van der Waals surface area contributed by atoms with Crippen LogP contribution in [0.1, 0.15) is 61.3 Å². The topological polar surface area (TPSA) is 95.5 Å². The third kappa shape index (κ3) is 4.64. The average Bonchev–Trinajstić information content (AvgIpc) is 2.80. The number of hydrogen-bond acceptors (Lipinski definition) is 5. The van der Waals surface area contributed by atoms with Gasteiger partial charge in [-0.1, -0.05) is 30.3 Å². The summed E-state index contributed by atoms with van der Waals surface area (Å²) >= 11 is 0. The van der Waals surface area contributed by atoms with Crippen LogP contribution in [0.25, 0.3) is 0 Å². The largest absolute Gasteiger partial charge is 0.347 e. The minimum atomic E-state index is -0.260. The van der Waals surface area contributed by atoms with Gasteiger partial charge in [-0.05, 0) is 38.2 Å². The van der Waals surface area contributed by atoms with Crippen LogP contribution in [0.15, 0.2) is 30.3 Å². The molecule has 3 amide bonds. The molecule has 0 spiro atoms. The standard InChI is InChI=1S/C24H29N5O3/c1-16-19-11-12-21(31)29(15-18-8-4-3-5-9-18)24(19)27-23(26-16)20-10-6-7-13-28(20)22(32)14-25-17(2)30/h3-5,8-9,20H,6-7,10-15H2,1-2H3,(H,25,30)/t20-/m1/s1. The Labute approximate surface area is 188 Å². The number of likely N-dealkylation sites (tertiary alicyclic amines) is 1. The highest BCUT2D eigenvalue weighted by atomic mass is 16.2. The van der Waals surface area contributed by atoms with Gasteiger partial charge in [-0.2, -0.15) is 0 Å². The van der Waals surface area contributed by atoms with Gasteiger partial charge < -0.3 is 10.2 Å². The molecule has 3 heterocycles. The molecule has 8 nitrogen and oxygen atoms in total. The maximum atomic E-state index is 12.8. The molecule has 4 rings (SSSR count). The van der Waals surface area contributed by atoms with Gasteiger partial charge in [0.25, 0.3) is 0 Å². The molecule has 32 heavy (non-hydrogen) atoms. The lowest BCUT2D eigenvalue weighted by molar-refractivity contribution is -0.136. The van der Waals surface area contributed by atoms with E-state index < -0.39 is 0 Å². The lowest BCUT2D eigenvalue weighted by Crippen LogP contribution is -2.44. The van der Waals surface area contributed by atoms with Crippen LogP contribution in [0, 0.1) is 6.92 Å². The van der Waals surface area contributed by atoms with Crippen LogP contribution in [0.4, 0.5) is 5.82 Å². The number of amides is 3. The molecular weight excluding hydrogens is 406 g/mol. The summed E-state index contributed by atoms with van der Waals surface area (Å²) in [5, 5.41) is 2.59. The van der Waals surface area contributed by atoms with Crippen molar-refractivity contribution in [2.45, 2.75) is 58.5 Å². The van der Waals surface area contributed by atoms with Gasteiger partial charge in [0.15, 0.2) is 5.82 Å². The molecule has 1 fully saturated rings. The second-order valence-corrected chi connectivity index (χ2v) is 8.44. The molecule has 8 heteroatoms. The summed E-state index contributed by atoms with van der Waals surface area (Å²) in [6.45, 7) is 4.38. The second kappa shape index (κ2) is 9.46. The number of hydrogen-bond donors (Lipinski definition) is 1. The van der Waals surface area contributed by atoms with E-state index in [1.54, 1.807) is 9.80 Å². The van der Waals surface area contributed by atoms with Crippen molar-refractivity contribution in [3.63, 3.8) is 0 Å². The highest BCUT2D eigenvalue weighted by molar-refractivity contribution is 5.95. The first kappa shape index (κ1) is 21.9. The maximum Gasteiger partial charge on any atom is 0.242 e. The summed E-state index contributed by atoms with van der Waals surface area (Å²) in [4.78, 5) is 50.1. The van der Waals surface area contributed by atoms with E-state index in [9.17, 15) is 14.4 Å². The highest BCUT2D eigenvalue weighted by Crippen LogP contribution is 2.34. The quantitative estimate of drug-likeness (QED) is 0.778. The predicted octanol–water partition coefficient (Wildman–Crippen LogP) is 2.45. The number of nitrogens with one attached hydrogen (secondary N) is 1. The molecule has 2 aliphatic rings. The number of rotatable bonds is 5. The predicted molar refractivity (Wildman–Crippen MR) is 120 cm³/mol. The Morgan fingerprint density at radius 1 is 1.12 bits per heavy atom. The van der Waals surface area contributed by atoms with Crippen LogP contribution < -0.4 is 10.2 Å². The fraction of sp³-hybridized carbons (Fsp3) is 0.458. The van der Waals surface area contributed by atoms with Crippen LogP contribution in [-0.2, 0) is 27.3 Å². The third-order valence-electron chi connectivity index (χ3n) is 6.15. The molecule has 168 valence electrons. The van der Waals surface area contributed by atoms with E-state index >= 15 is 0 Å². The van der Waals surface area contributed by atoms with Gasteiger partial charge in [0, 0.05) is 31.1 Å².